The van der Waals surface area contributed by atoms with Crippen molar-refractivity contribution in [1.29, 1.82) is 0 Å². The summed E-state index contributed by atoms with van der Waals surface area (Å²) in [5.74, 6) is -0.977. The summed E-state index contributed by atoms with van der Waals surface area (Å²) in [5, 5.41) is 0. The predicted molar refractivity (Wildman–Crippen MR) is 231 cm³/mol. The van der Waals surface area contributed by atoms with Gasteiger partial charge >= 0.3 is 0 Å². The van der Waals surface area contributed by atoms with E-state index in [0.717, 1.165) is 22.3 Å². The van der Waals surface area contributed by atoms with E-state index in [4.69, 9.17) is 11.5 Å². The van der Waals surface area contributed by atoms with Crippen LogP contribution in [0.25, 0.3) is 11.1 Å². The van der Waals surface area contributed by atoms with Gasteiger partial charge in [-0.1, -0.05) is 94.9 Å². The van der Waals surface area contributed by atoms with Gasteiger partial charge in [-0.25, -0.2) is 46.3 Å². The standard InChI is InChI=1S/C24H16F3N5.C21H16F3N3.CH3I/c25-19-6-2-5-18-21(19)23(28)32-24(18,17-7-8-31-20(10-17)22(26)27)16-4-1-3-14(9-16)15-11-29-13-30-12-15;1-12-4-2-5-13(10-12)21(14-8-9-26-17(11-14)19(23)24)15-6-3-7-16(22)18(15)20(25)27-21;1-2/h1-13,22H,(H2,28,32);2-11,19H,1H3,(H2,25,27);1H3. The zero-order valence-corrected chi connectivity index (χ0v) is 34.6. The van der Waals surface area contributed by atoms with Gasteiger partial charge < -0.3 is 11.5 Å². The number of alkyl halides is 5. The first-order chi connectivity index (χ1) is 29.4. The summed E-state index contributed by atoms with van der Waals surface area (Å²) in [7, 11) is 0. The Morgan fingerprint density at radius 2 is 0.984 bits per heavy atom. The number of aliphatic imine (C=N–C) groups is 2. The van der Waals surface area contributed by atoms with Crippen LogP contribution in [0.3, 0.4) is 0 Å². The Morgan fingerprint density at radius 3 is 1.46 bits per heavy atom. The van der Waals surface area contributed by atoms with Gasteiger partial charge in [0.2, 0.25) is 0 Å². The second-order valence-electron chi connectivity index (χ2n) is 13.9. The lowest BCUT2D eigenvalue weighted by atomic mass is 9.77. The molecule has 4 N–H and O–H groups in total. The predicted octanol–water partition coefficient (Wildman–Crippen LogP) is 10.2. The molecule has 4 aromatic carbocycles. The number of halogens is 7. The number of benzene rings is 4. The number of fused-ring (bicyclic) bond motifs is 2. The molecule has 2 aliphatic heterocycles. The van der Waals surface area contributed by atoms with Crippen molar-refractivity contribution in [3.05, 3.63) is 213 Å². The maximum Gasteiger partial charge on any atom is 0.280 e. The molecule has 8 nitrogen and oxygen atoms in total. The van der Waals surface area contributed by atoms with E-state index in [1.165, 1.54) is 43.0 Å². The van der Waals surface area contributed by atoms with E-state index in [2.05, 4.69) is 52.5 Å². The van der Waals surface area contributed by atoms with Crippen LogP contribution in [0, 0.1) is 18.6 Å². The quantitative estimate of drug-likeness (QED) is 0.0931. The molecule has 0 spiro atoms. The molecule has 308 valence electrons. The Bertz CT molecular complexity index is 2790. The van der Waals surface area contributed by atoms with Crippen molar-refractivity contribution < 1.29 is 26.3 Å². The fourth-order valence-corrected chi connectivity index (χ4v) is 7.81. The molecule has 2 unspecified atom stereocenters. The molecule has 15 heteroatoms. The highest BCUT2D eigenvalue weighted by atomic mass is 127. The molecule has 0 saturated carbocycles. The summed E-state index contributed by atoms with van der Waals surface area (Å²) in [6.45, 7) is 1.92. The Hall–Kier alpha value is -6.49. The van der Waals surface area contributed by atoms with Crippen LogP contribution in [0.15, 0.2) is 150 Å². The minimum atomic E-state index is -2.77. The molecule has 2 aliphatic rings. The van der Waals surface area contributed by atoms with Gasteiger partial charge in [-0.15, -0.1) is 0 Å². The first-order valence-electron chi connectivity index (χ1n) is 18.5. The summed E-state index contributed by atoms with van der Waals surface area (Å²) in [6.07, 6.45) is 1.88. The van der Waals surface area contributed by atoms with Crippen molar-refractivity contribution in [2.45, 2.75) is 30.9 Å². The van der Waals surface area contributed by atoms with Crippen LogP contribution in [0.4, 0.5) is 26.3 Å². The number of hydrogen-bond acceptors (Lipinski definition) is 8. The van der Waals surface area contributed by atoms with Gasteiger partial charge in [0.15, 0.2) is 0 Å². The van der Waals surface area contributed by atoms with Gasteiger partial charge in [-0.2, -0.15) is 0 Å². The van der Waals surface area contributed by atoms with Crippen LogP contribution < -0.4 is 11.5 Å². The Balaban J connectivity index is 0.000000179. The van der Waals surface area contributed by atoms with Gasteiger partial charge in [0.1, 0.15) is 52.1 Å². The number of hydrogen-bond donors (Lipinski definition) is 2. The first kappa shape index (κ1) is 42.6. The average Bonchev–Trinajstić information content (AvgIpc) is 3.78. The largest absolute Gasteiger partial charge is 0.383 e. The third kappa shape index (κ3) is 7.73. The molecule has 5 heterocycles. The second kappa shape index (κ2) is 17.6. The second-order valence-corrected chi connectivity index (χ2v) is 13.9. The van der Waals surface area contributed by atoms with Crippen LogP contribution in [-0.2, 0) is 11.1 Å². The summed E-state index contributed by atoms with van der Waals surface area (Å²) in [6, 6.07) is 29.9. The van der Waals surface area contributed by atoms with E-state index in [1.807, 2.05) is 60.4 Å². The molecule has 2 atom stereocenters. The van der Waals surface area contributed by atoms with Gasteiger partial charge in [0.05, 0.1) is 11.1 Å². The molecular weight excluding hydrogens is 905 g/mol. The maximum atomic E-state index is 14.8. The monoisotopic (exact) mass is 940 g/mol. The molecule has 0 radical (unpaired) electrons. The summed E-state index contributed by atoms with van der Waals surface area (Å²) in [4.78, 5) is 26.9. The normalized spacial score (nSPS) is 17.4. The maximum absolute atomic E-state index is 14.8. The Kier molecular flexibility index (Phi) is 12.3. The van der Waals surface area contributed by atoms with Crippen molar-refractivity contribution in [2.75, 3.05) is 4.93 Å². The number of rotatable bonds is 7. The molecule has 3 aromatic heterocycles. The molecule has 0 bridgehead atoms. The third-order valence-electron chi connectivity index (χ3n) is 10.4. The molecular formula is C46H35F6IN8. The topological polar surface area (TPSA) is 128 Å². The average molecular weight is 941 g/mol. The van der Waals surface area contributed by atoms with E-state index in [9.17, 15) is 26.3 Å². The SMILES string of the molecule is CI.Cc1cccc(C2(c3ccnc(C(F)F)c3)N=C(N)c3c(F)cccc32)c1.NC1=NC(c2cccc(-c3cncnc3)c2)(c2ccnc(C(F)F)c2)c2cccc(F)c21. The zero-order valence-electron chi connectivity index (χ0n) is 32.4. The van der Waals surface area contributed by atoms with Crippen molar-refractivity contribution >= 4 is 34.3 Å². The number of nitrogens with zero attached hydrogens (tertiary/aromatic N) is 6. The van der Waals surface area contributed by atoms with Gasteiger partial charge in [-0.05, 0) is 82.1 Å². The van der Waals surface area contributed by atoms with Gasteiger partial charge in [0, 0.05) is 41.5 Å². The minimum Gasteiger partial charge on any atom is -0.383 e. The lowest BCUT2D eigenvalue weighted by molar-refractivity contribution is 0.145. The number of pyridine rings is 2. The van der Waals surface area contributed by atoms with Crippen LogP contribution in [-0.4, -0.2) is 36.5 Å². The van der Waals surface area contributed by atoms with E-state index in [0.29, 0.717) is 27.8 Å². The van der Waals surface area contributed by atoms with E-state index in [1.54, 1.807) is 48.8 Å². The highest BCUT2D eigenvalue weighted by Gasteiger charge is 2.46. The molecule has 0 aliphatic carbocycles. The van der Waals surface area contributed by atoms with Crippen molar-refractivity contribution in [2.24, 2.45) is 21.5 Å². The number of amidine groups is 2. The molecule has 7 aromatic rings. The van der Waals surface area contributed by atoms with Crippen LogP contribution in [0.5, 0.6) is 0 Å². The molecule has 0 saturated heterocycles. The molecule has 0 fully saturated rings. The Morgan fingerprint density at radius 1 is 0.541 bits per heavy atom. The van der Waals surface area contributed by atoms with Crippen molar-refractivity contribution in [3.63, 3.8) is 0 Å². The highest BCUT2D eigenvalue weighted by molar-refractivity contribution is 14.1. The third-order valence-corrected chi connectivity index (χ3v) is 10.4. The smallest absolute Gasteiger partial charge is 0.280 e. The Labute approximate surface area is 360 Å². The number of aromatic nitrogens is 4. The van der Waals surface area contributed by atoms with Crippen LogP contribution >= 0.6 is 22.6 Å². The van der Waals surface area contributed by atoms with Crippen molar-refractivity contribution in [1.82, 2.24) is 19.9 Å². The first-order valence-corrected chi connectivity index (χ1v) is 20.7. The highest BCUT2D eigenvalue weighted by Crippen LogP contribution is 2.49. The van der Waals surface area contributed by atoms with Crippen LogP contribution in [0.2, 0.25) is 0 Å². The molecule has 9 rings (SSSR count). The number of nitrogens with two attached hydrogens (primary N) is 2. The zero-order chi connectivity index (χ0) is 43.5. The van der Waals surface area contributed by atoms with E-state index < -0.39 is 41.3 Å². The lowest BCUT2D eigenvalue weighted by Crippen LogP contribution is -2.26. The van der Waals surface area contributed by atoms with Crippen molar-refractivity contribution in [3.8, 4) is 11.1 Å². The van der Waals surface area contributed by atoms with Gasteiger partial charge in [0.25, 0.3) is 12.9 Å². The van der Waals surface area contributed by atoms with Crippen LogP contribution in [0.1, 0.15) is 74.3 Å². The van der Waals surface area contributed by atoms with E-state index in [-0.39, 0.29) is 28.5 Å². The summed E-state index contributed by atoms with van der Waals surface area (Å²) >= 11 is 2.15. The van der Waals surface area contributed by atoms with Gasteiger partial charge in [-0.3, -0.25) is 9.97 Å². The number of aryl methyl sites for hydroxylation is 1. The molecule has 0 amide bonds. The minimum absolute atomic E-state index is 0.00181. The summed E-state index contributed by atoms with van der Waals surface area (Å²) < 4.78 is 82.8. The van der Waals surface area contributed by atoms with E-state index >= 15 is 0 Å². The lowest BCUT2D eigenvalue weighted by Gasteiger charge is -2.30. The fraction of sp³-hybridized carbons (Fsp3) is 0.130. The fourth-order valence-electron chi connectivity index (χ4n) is 7.81. The summed E-state index contributed by atoms with van der Waals surface area (Å²) in [5.41, 5.74) is 15.1. The molecule has 61 heavy (non-hydrogen) atoms.